The van der Waals surface area contributed by atoms with Crippen molar-refractivity contribution in [2.24, 2.45) is 20.0 Å². The molecule has 8 bridgehead atoms. The van der Waals surface area contributed by atoms with Crippen molar-refractivity contribution < 1.29 is 0 Å². The lowest BCUT2D eigenvalue weighted by atomic mass is 10.0. The van der Waals surface area contributed by atoms with E-state index in [-0.39, 0.29) is 0 Å². The minimum atomic E-state index is 0.877. The van der Waals surface area contributed by atoms with Gasteiger partial charge in [-0.05, 0) is 101 Å². The van der Waals surface area contributed by atoms with Crippen molar-refractivity contribution in [1.29, 1.82) is 0 Å². The highest BCUT2D eigenvalue weighted by molar-refractivity contribution is 14.1. The minimum Gasteiger partial charge on any atom is -0.249 e. The maximum atomic E-state index is 4.91. The maximum Gasteiger partial charge on any atom is 0.0737 e. The molecule has 5 heterocycles. The van der Waals surface area contributed by atoms with Crippen LogP contribution >= 0.6 is 22.6 Å². The van der Waals surface area contributed by atoms with E-state index in [1.54, 1.807) is 0 Å². The van der Waals surface area contributed by atoms with Crippen molar-refractivity contribution >= 4 is 51.0 Å². The second-order valence-electron chi connectivity index (χ2n) is 7.42. The first-order valence-electron chi connectivity index (χ1n) is 9.92. The van der Waals surface area contributed by atoms with Crippen molar-refractivity contribution in [2.75, 3.05) is 0 Å². The number of aliphatic imine (C=N–C) groups is 4. The van der Waals surface area contributed by atoms with Crippen molar-refractivity contribution in [2.45, 2.75) is 0 Å². The quantitative estimate of drug-likeness (QED) is 0.435. The first-order chi connectivity index (χ1) is 15.2. The lowest BCUT2D eigenvalue weighted by Crippen LogP contribution is -1.98. The summed E-state index contributed by atoms with van der Waals surface area (Å²) >= 11 is 2.37. The molecular weight excluding hydrogens is 495 g/mol. The molecule has 0 saturated heterocycles. The molecule has 0 radical (unpaired) electrons. The van der Waals surface area contributed by atoms with Gasteiger partial charge in [0.2, 0.25) is 0 Å². The lowest BCUT2D eigenvalue weighted by molar-refractivity contribution is 1.41. The Balaban J connectivity index is 1.52. The first-order valence-corrected chi connectivity index (χ1v) is 11.0. The van der Waals surface area contributed by atoms with Gasteiger partial charge in [0.1, 0.15) is 0 Å². The van der Waals surface area contributed by atoms with Gasteiger partial charge in [-0.2, -0.15) is 0 Å². The van der Waals surface area contributed by atoms with Crippen molar-refractivity contribution in [3.63, 3.8) is 0 Å². The van der Waals surface area contributed by atoms with Gasteiger partial charge in [-0.15, -0.1) is 0 Å². The van der Waals surface area contributed by atoms with Gasteiger partial charge in [-0.3, -0.25) is 0 Å². The number of benzene rings is 1. The van der Waals surface area contributed by atoms with Crippen LogP contribution in [0.3, 0.4) is 0 Å². The summed E-state index contributed by atoms with van der Waals surface area (Å²) in [5.41, 5.74) is 9.32. The van der Waals surface area contributed by atoms with Gasteiger partial charge in [0.05, 0.1) is 45.6 Å². The molecule has 0 N–H and O–H groups in total. The number of nitrogens with zero attached hydrogens (tertiary/aromatic N) is 4. The van der Waals surface area contributed by atoms with Gasteiger partial charge in [0.25, 0.3) is 0 Å². The van der Waals surface area contributed by atoms with Crippen LogP contribution in [0.1, 0.15) is 5.56 Å². The average Bonchev–Trinajstić information content (AvgIpc) is 3.53. The zero-order chi connectivity index (χ0) is 20.8. The highest BCUT2D eigenvalue weighted by Crippen LogP contribution is 2.31. The minimum absolute atomic E-state index is 0.877. The molecular formula is C26H15IN4. The van der Waals surface area contributed by atoms with E-state index in [9.17, 15) is 0 Å². The lowest BCUT2D eigenvalue weighted by Gasteiger charge is -2.06. The van der Waals surface area contributed by atoms with E-state index in [0.29, 0.717) is 0 Å². The highest BCUT2D eigenvalue weighted by atomic mass is 127. The van der Waals surface area contributed by atoms with Crippen LogP contribution in [0.15, 0.2) is 134 Å². The highest BCUT2D eigenvalue weighted by Gasteiger charge is 2.19. The molecule has 6 rings (SSSR count). The molecule has 0 fully saturated rings. The van der Waals surface area contributed by atoms with Gasteiger partial charge >= 0.3 is 0 Å². The van der Waals surface area contributed by atoms with Crippen molar-refractivity contribution in [1.82, 2.24) is 0 Å². The molecule has 4 nitrogen and oxygen atoms in total. The third-order valence-electron chi connectivity index (χ3n) is 5.20. The SMILES string of the molecule is Ic1ccccc1C1=CC2=CC3=NC(=CC4=NC(=CC5=NC(=CC1=N2)C=C5)C=C4)C=C3. The van der Waals surface area contributed by atoms with E-state index < -0.39 is 0 Å². The Morgan fingerprint density at radius 3 is 1.68 bits per heavy atom. The number of allylic oxidation sites excluding steroid dienone is 12. The summed E-state index contributed by atoms with van der Waals surface area (Å²) in [5.74, 6) is 0. The Labute approximate surface area is 193 Å². The third-order valence-corrected chi connectivity index (χ3v) is 6.14. The maximum absolute atomic E-state index is 4.91. The number of hydrogen-bond donors (Lipinski definition) is 0. The fourth-order valence-electron chi connectivity index (χ4n) is 3.79. The molecule has 0 spiro atoms. The normalized spacial score (nSPS) is 20.5. The molecule has 5 aliphatic rings. The zero-order valence-electron chi connectivity index (χ0n) is 16.3. The Morgan fingerprint density at radius 1 is 0.516 bits per heavy atom. The number of rotatable bonds is 1. The summed E-state index contributed by atoms with van der Waals surface area (Å²) in [4.78, 5) is 19.0. The Bertz CT molecular complexity index is 1410. The van der Waals surface area contributed by atoms with Gasteiger partial charge in [-0.1, -0.05) is 18.2 Å². The molecule has 0 unspecified atom stereocenters. The second kappa shape index (κ2) is 7.35. The summed E-state index contributed by atoms with van der Waals surface area (Å²) < 4.78 is 1.19. The summed E-state index contributed by atoms with van der Waals surface area (Å²) in [6, 6.07) is 8.35. The summed E-state index contributed by atoms with van der Waals surface area (Å²) in [5, 5.41) is 0. The topological polar surface area (TPSA) is 49.4 Å². The monoisotopic (exact) mass is 510 g/mol. The van der Waals surface area contributed by atoms with Crippen LogP contribution in [0.5, 0.6) is 0 Å². The van der Waals surface area contributed by atoms with Gasteiger partial charge in [0, 0.05) is 9.14 Å². The molecule has 0 aromatic heterocycles. The first kappa shape index (κ1) is 18.3. The smallest absolute Gasteiger partial charge is 0.0737 e. The van der Waals surface area contributed by atoms with Crippen LogP contribution in [0.4, 0.5) is 0 Å². The average molecular weight is 510 g/mol. The molecule has 5 heteroatoms. The van der Waals surface area contributed by atoms with E-state index in [1.807, 2.05) is 60.8 Å². The largest absolute Gasteiger partial charge is 0.249 e. The molecule has 146 valence electrons. The van der Waals surface area contributed by atoms with Gasteiger partial charge < -0.3 is 0 Å². The molecule has 31 heavy (non-hydrogen) atoms. The van der Waals surface area contributed by atoms with E-state index in [2.05, 4.69) is 57.9 Å². The standard InChI is InChI=1S/C26H15IN4/c27-25-4-2-1-3-23(25)24-14-22-13-20-8-7-18(29-20)11-16-5-6-17(28-16)12-19-9-10-21(30-19)15-26(24)31-22/h1-15H. The second-order valence-corrected chi connectivity index (χ2v) is 8.58. The van der Waals surface area contributed by atoms with E-state index in [4.69, 9.17) is 15.0 Å². The van der Waals surface area contributed by atoms with Crippen molar-refractivity contribution in [3.05, 3.63) is 123 Å². The van der Waals surface area contributed by atoms with Crippen LogP contribution in [0.25, 0.3) is 5.57 Å². The summed E-state index contributed by atoms with van der Waals surface area (Å²) in [6.07, 6.45) is 22.2. The van der Waals surface area contributed by atoms with E-state index in [0.717, 1.165) is 56.8 Å². The fraction of sp³-hybridized carbons (Fsp3) is 0. The number of fused-ring (bicyclic) bond motifs is 4. The Hall–Kier alpha value is -3.45. The Kier molecular flexibility index (Phi) is 4.35. The van der Waals surface area contributed by atoms with Crippen LogP contribution in [-0.4, -0.2) is 22.8 Å². The van der Waals surface area contributed by atoms with Crippen LogP contribution in [0, 0.1) is 3.57 Å². The van der Waals surface area contributed by atoms with Crippen LogP contribution in [0.2, 0.25) is 0 Å². The summed E-state index contributed by atoms with van der Waals surface area (Å²) in [6.45, 7) is 0. The van der Waals surface area contributed by atoms with E-state index >= 15 is 0 Å². The number of hydrogen-bond acceptors (Lipinski definition) is 4. The number of halogens is 1. The van der Waals surface area contributed by atoms with Gasteiger partial charge in [0.15, 0.2) is 0 Å². The van der Waals surface area contributed by atoms with Crippen LogP contribution in [-0.2, 0) is 0 Å². The van der Waals surface area contributed by atoms with Gasteiger partial charge in [-0.25, -0.2) is 20.0 Å². The molecule has 0 aliphatic carbocycles. The third kappa shape index (κ3) is 3.61. The van der Waals surface area contributed by atoms with Crippen LogP contribution < -0.4 is 0 Å². The fourth-order valence-corrected chi connectivity index (χ4v) is 4.47. The summed E-state index contributed by atoms with van der Waals surface area (Å²) in [7, 11) is 0. The molecule has 1 aromatic rings. The zero-order valence-corrected chi connectivity index (χ0v) is 18.5. The molecule has 0 amide bonds. The molecule has 0 atom stereocenters. The Morgan fingerprint density at radius 2 is 1.06 bits per heavy atom. The molecule has 1 aromatic carbocycles. The predicted molar refractivity (Wildman–Crippen MR) is 137 cm³/mol. The molecule has 5 aliphatic heterocycles. The van der Waals surface area contributed by atoms with Crippen molar-refractivity contribution in [3.8, 4) is 0 Å². The molecule has 0 saturated carbocycles. The van der Waals surface area contributed by atoms with E-state index in [1.165, 1.54) is 3.57 Å². The predicted octanol–water partition coefficient (Wildman–Crippen LogP) is 5.71.